The number of carbonyl (C=O) groups is 2. The Kier molecular flexibility index (Phi) is 4.32. The van der Waals surface area contributed by atoms with Crippen molar-refractivity contribution >= 4 is 35.1 Å². The fourth-order valence-electron chi connectivity index (χ4n) is 2.21. The number of likely N-dealkylation sites (tertiary alicyclic amines) is 1. The van der Waals surface area contributed by atoms with Crippen LogP contribution >= 0.6 is 23.2 Å². The molecule has 1 unspecified atom stereocenters. The lowest BCUT2D eigenvalue weighted by atomic mass is 10.1. The van der Waals surface area contributed by atoms with Crippen LogP contribution in [0.4, 0.5) is 0 Å². The van der Waals surface area contributed by atoms with Gasteiger partial charge in [-0.2, -0.15) is 0 Å². The second-order valence-electron chi connectivity index (χ2n) is 4.30. The van der Waals surface area contributed by atoms with Gasteiger partial charge in [-0.1, -0.05) is 23.2 Å². The van der Waals surface area contributed by atoms with E-state index in [2.05, 4.69) is 0 Å². The van der Waals surface area contributed by atoms with E-state index in [9.17, 15) is 9.59 Å². The Morgan fingerprint density at radius 1 is 1.37 bits per heavy atom. The Morgan fingerprint density at radius 2 is 2.11 bits per heavy atom. The van der Waals surface area contributed by atoms with Gasteiger partial charge in [-0.15, -0.1) is 0 Å². The average molecular weight is 302 g/mol. The molecule has 6 heteroatoms. The molecular formula is C13H13Cl2NO3. The van der Waals surface area contributed by atoms with Crippen LogP contribution < -0.4 is 0 Å². The third-order valence-corrected chi connectivity index (χ3v) is 3.70. The molecule has 0 saturated carbocycles. The van der Waals surface area contributed by atoms with Gasteiger partial charge in [-0.05, 0) is 31.0 Å². The van der Waals surface area contributed by atoms with Crippen LogP contribution in [0.25, 0.3) is 0 Å². The summed E-state index contributed by atoms with van der Waals surface area (Å²) in [6.45, 7) is 0.525. The highest BCUT2D eigenvalue weighted by Gasteiger charge is 2.35. The van der Waals surface area contributed by atoms with Gasteiger partial charge in [0.1, 0.15) is 6.04 Å². The van der Waals surface area contributed by atoms with E-state index in [4.69, 9.17) is 27.9 Å². The first kappa shape index (κ1) is 14.2. The molecule has 0 aromatic heterocycles. The van der Waals surface area contributed by atoms with Crippen LogP contribution in [0.3, 0.4) is 0 Å². The molecule has 0 N–H and O–H groups in total. The number of ether oxygens (including phenoxy) is 1. The molecule has 0 spiro atoms. The summed E-state index contributed by atoms with van der Waals surface area (Å²) in [5, 5.41) is 0.750. The molecule has 1 fully saturated rings. The van der Waals surface area contributed by atoms with E-state index in [1.165, 1.54) is 18.1 Å². The lowest BCUT2D eigenvalue weighted by Gasteiger charge is -2.23. The second-order valence-corrected chi connectivity index (χ2v) is 5.15. The second kappa shape index (κ2) is 5.80. The van der Waals surface area contributed by atoms with Gasteiger partial charge >= 0.3 is 5.97 Å². The van der Waals surface area contributed by atoms with E-state index in [1.54, 1.807) is 12.1 Å². The summed E-state index contributed by atoms with van der Waals surface area (Å²) in [6.07, 6.45) is 1.39. The zero-order valence-corrected chi connectivity index (χ0v) is 11.9. The van der Waals surface area contributed by atoms with E-state index in [0.717, 1.165) is 6.42 Å². The monoisotopic (exact) mass is 301 g/mol. The highest BCUT2D eigenvalue weighted by atomic mass is 35.5. The van der Waals surface area contributed by atoms with Gasteiger partial charge in [0.25, 0.3) is 5.91 Å². The predicted molar refractivity (Wildman–Crippen MR) is 72.5 cm³/mol. The zero-order chi connectivity index (χ0) is 14.0. The molecule has 1 saturated heterocycles. The van der Waals surface area contributed by atoms with Crippen molar-refractivity contribution in [3.63, 3.8) is 0 Å². The Labute approximate surface area is 121 Å². The minimum absolute atomic E-state index is 0.269. The number of nitrogens with zero attached hydrogens (tertiary/aromatic N) is 1. The summed E-state index contributed by atoms with van der Waals surface area (Å²) in [6, 6.07) is 4.16. The summed E-state index contributed by atoms with van der Waals surface area (Å²) >= 11 is 11.8. The third-order valence-electron chi connectivity index (χ3n) is 3.15. The first-order valence-electron chi connectivity index (χ1n) is 5.88. The number of benzene rings is 1. The van der Waals surface area contributed by atoms with E-state index in [-0.39, 0.29) is 10.9 Å². The molecule has 19 heavy (non-hydrogen) atoms. The molecular weight excluding hydrogens is 289 g/mol. The molecule has 102 valence electrons. The number of esters is 1. The first-order valence-corrected chi connectivity index (χ1v) is 6.64. The maximum Gasteiger partial charge on any atom is 0.328 e. The van der Waals surface area contributed by atoms with Crippen molar-refractivity contribution in [3.8, 4) is 0 Å². The van der Waals surface area contributed by atoms with Crippen molar-refractivity contribution in [1.82, 2.24) is 4.90 Å². The molecule has 1 atom stereocenters. The van der Waals surface area contributed by atoms with Crippen LogP contribution in [-0.2, 0) is 9.53 Å². The fourth-order valence-corrected chi connectivity index (χ4v) is 2.70. The first-order chi connectivity index (χ1) is 9.04. The van der Waals surface area contributed by atoms with Crippen molar-refractivity contribution in [3.05, 3.63) is 33.8 Å². The van der Waals surface area contributed by atoms with Crippen molar-refractivity contribution in [2.45, 2.75) is 18.9 Å². The molecule has 1 aliphatic rings. The topological polar surface area (TPSA) is 46.6 Å². The largest absolute Gasteiger partial charge is 0.467 e. The Bertz CT molecular complexity index is 519. The third kappa shape index (κ3) is 2.85. The van der Waals surface area contributed by atoms with E-state index in [1.807, 2.05) is 0 Å². The molecule has 0 bridgehead atoms. The van der Waals surface area contributed by atoms with Crippen molar-refractivity contribution in [2.24, 2.45) is 0 Å². The van der Waals surface area contributed by atoms with E-state index < -0.39 is 12.0 Å². The van der Waals surface area contributed by atoms with Gasteiger partial charge in [0.15, 0.2) is 0 Å². The molecule has 1 aliphatic heterocycles. The SMILES string of the molecule is COC(=O)C1CCCN1C(=O)c1ccc(Cl)cc1Cl. The van der Waals surface area contributed by atoms with Gasteiger partial charge in [-0.25, -0.2) is 4.79 Å². The predicted octanol–water partition coefficient (Wildman–Crippen LogP) is 2.77. The molecule has 0 aliphatic carbocycles. The molecule has 2 rings (SSSR count). The van der Waals surface area contributed by atoms with Crippen LogP contribution in [0.1, 0.15) is 23.2 Å². The molecule has 1 heterocycles. The molecule has 1 amide bonds. The number of carbonyl (C=O) groups excluding carboxylic acids is 2. The van der Waals surface area contributed by atoms with Gasteiger partial charge in [0.2, 0.25) is 0 Å². The van der Waals surface area contributed by atoms with Crippen molar-refractivity contribution < 1.29 is 14.3 Å². The van der Waals surface area contributed by atoms with Crippen LogP contribution in [0, 0.1) is 0 Å². The summed E-state index contributed by atoms with van der Waals surface area (Å²) in [7, 11) is 1.32. The zero-order valence-electron chi connectivity index (χ0n) is 10.4. The minimum Gasteiger partial charge on any atom is -0.467 e. The quantitative estimate of drug-likeness (QED) is 0.789. The lowest BCUT2D eigenvalue weighted by molar-refractivity contribution is -0.145. The maximum absolute atomic E-state index is 12.4. The van der Waals surface area contributed by atoms with Crippen molar-refractivity contribution in [2.75, 3.05) is 13.7 Å². The maximum atomic E-state index is 12.4. The van der Waals surface area contributed by atoms with Gasteiger partial charge in [0, 0.05) is 11.6 Å². The number of hydrogen-bond acceptors (Lipinski definition) is 3. The summed E-state index contributed by atoms with van der Waals surface area (Å²) in [5.41, 5.74) is 0.349. The number of methoxy groups -OCH3 is 1. The highest BCUT2D eigenvalue weighted by Crippen LogP contribution is 2.26. The smallest absolute Gasteiger partial charge is 0.328 e. The van der Waals surface area contributed by atoms with Gasteiger partial charge in [-0.3, -0.25) is 4.79 Å². The van der Waals surface area contributed by atoms with Crippen LogP contribution in [0.2, 0.25) is 10.0 Å². The number of rotatable bonds is 2. The minimum atomic E-state index is -0.524. The summed E-state index contributed by atoms with van der Waals surface area (Å²) < 4.78 is 4.71. The van der Waals surface area contributed by atoms with Gasteiger partial charge in [0.05, 0.1) is 17.7 Å². The normalized spacial score (nSPS) is 18.5. The number of hydrogen-bond donors (Lipinski definition) is 0. The molecule has 1 aromatic rings. The van der Waals surface area contributed by atoms with Crippen LogP contribution in [-0.4, -0.2) is 36.5 Å². The lowest BCUT2D eigenvalue weighted by Crippen LogP contribution is -2.41. The van der Waals surface area contributed by atoms with E-state index in [0.29, 0.717) is 23.6 Å². The Hall–Kier alpha value is -1.26. The van der Waals surface area contributed by atoms with E-state index >= 15 is 0 Å². The van der Waals surface area contributed by atoms with Gasteiger partial charge < -0.3 is 9.64 Å². The molecule has 1 aromatic carbocycles. The summed E-state index contributed by atoms with van der Waals surface area (Å²) in [4.78, 5) is 25.5. The Morgan fingerprint density at radius 3 is 2.74 bits per heavy atom. The highest BCUT2D eigenvalue weighted by molar-refractivity contribution is 6.36. The Balaban J connectivity index is 2.25. The van der Waals surface area contributed by atoms with Crippen LogP contribution in [0.5, 0.6) is 0 Å². The molecule has 4 nitrogen and oxygen atoms in total. The fraction of sp³-hybridized carbons (Fsp3) is 0.385. The van der Waals surface area contributed by atoms with Crippen LogP contribution in [0.15, 0.2) is 18.2 Å². The number of amides is 1. The summed E-state index contributed by atoms with van der Waals surface area (Å²) in [5.74, 6) is -0.662. The number of halogens is 2. The van der Waals surface area contributed by atoms with Crippen molar-refractivity contribution in [1.29, 1.82) is 0 Å². The molecule has 0 radical (unpaired) electrons. The average Bonchev–Trinajstić information content (AvgIpc) is 2.86. The standard InChI is InChI=1S/C13H13Cl2NO3/c1-19-13(18)11-3-2-6-16(11)12(17)9-5-4-8(14)7-10(9)15/h4-5,7,11H,2-3,6H2,1H3.